The molecule has 0 radical (unpaired) electrons. The quantitative estimate of drug-likeness (QED) is 0.332. The fourth-order valence-electron chi connectivity index (χ4n) is 7.83. The number of amides is 2. The number of hydrogen-bond acceptors (Lipinski definition) is 6. The molecule has 2 aliphatic carbocycles. The van der Waals surface area contributed by atoms with Crippen LogP contribution in [-0.4, -0.2) is 66.6 Å². The molecule has 2 aromatic rings. The van der Waals surface area contributed by atoms with Gasteiger partial charge in [0.05, 0.1) is 28.1 Å². The number of nitrogens with zero attached hydrogens (tertiary/aromatic N) is 1. The maximum absolute atomic E-state index is 13.8. The summed E-state index contributed by atoms with van der Waals surface area (Å²) in [6.45, 7) is 3.98. The monoisotopic (exact) mass is 667 g/mol. The summed E-state index contributed by atoms with van der Waals surface area (Å²) in [6, 6.07) is 11.8. The minimum absolute atomic E-state index is 0.00273. The highest BCUT2D eigenvalue weighted by atomic mass is 35.5. The van der Waals surface area contributed by atoms with Gasteiger partial charge in [0, 0.05) is 41.4 Å². The van der Waals surface area contributed by atoms with Gasteiger partial charge in [0.1, 0.15) is 12.4 Å². The number of carbonyl (C=O) groups excluding carboxylic acids is 2. The maximum Gasteiger partial charge on any atom is 0.262 e. The SMILES string of the molecule is C=S1(=O)NC(=O)c2ccc3c(c2)N(C[C@@H]2CC[C@H]2[C@@H](OCC(=O)NC)/C=C/CC[C@H]1CC)C[C@@]1(CCCc2cc(Cl)ccc21)CO3. The number of halogens is 1. The Kier molecular flexibility index (Phi) is 9.74. The third-order valence-electron chi connectivity index (χ3n) is 10.6. The number of nitrogens with one attached hydrogen (secondary N) is 2. The molecule has 2 aromatic carbocycles. The molecule has 46 heavy (non-hydrogen) atoms. The van der Waals surface area contributed by atoms with Crippen molar-refractivity contribution in [3.63, 3.8) is 0 Å². The summed E-state index contributed by atoms with van der Waals surface area (Å²) in [6.07, 6.45) is 10.9. The average Bonchev–Trinajstić information content (AvgIpc) is 3.17. The number of carbonyl (C=O) groups is 2. The van der Waals surface area contributed by atoms with E-state index < -0.39 is 9.71 Å². The van der Waals surface area contributed by atoms with Gasteiger partial charge < -0.3 is 19.7 Å². The number of ether oxygens (including phenoxy) is 2. The number of fused-ring (bicyclic) bond motifs is 4. The molecule has 2 amide bonds. The van der Waals surface area contributed by atoms with E-state index in [0.29, 0.717) is 37.4 Å². The Bertz CT molecular complexity index is 1610. The number of likely N-dealkylation sites (N-methyl/N-ethyl adjacent to an activating group) is 1. The molecule has 248 valence electrons. The summed E-state index contributed by atoms with van der Waals surface area (Å²) < 4.78 is 29.4. The maximum atomic E-state index is 13.8. The fraction of sp³-hybridized carbons (Fsp3) is 0.528. The molecule has 2 N–H and O–H groups in total. The molecule has 1 saturated carbocycles. The summed E-state index contributed by atoms with van der Waals surface area (Å²) in [5.41, 5.74) is 3.61. The van der Waals surface area contributed by atoms with E-state index >= 15 is 0 Å². The highest BCUT2D eigenvalue weighted by Crippen LogP contribution is 2.47. The van der Waals surface area contributed by atoms with Crippen molar-refractivity contribution < 1.29 is 23.3 Å². The van der Waals surface area contributed by atoms with Gasteiger partial charge in [-0.05, 0) is 111 Å². The lowest BCUT2D eigenvalue weighted by molar-refractivity contribution is -0.128. The van der Waals surface area contributed by atoms with Gasteiger partial charge in [-0.25, -0.2) is 4.21 Å². The molecule has 0 aromatic heterocycles. The van der Waals surface area contributed by atoms with Gasteiger partial charge in [0.2, 0.25) is 5.91 Å². The third kappa shape index (κ3) is 6.69. The second-order valence-corrected chi connectivity index (χ2v) is 16.2. The number of hydrogen-bond donors (Lipinski definition) is 2. The largest absolute Gasteiger partial charge is 0.490 e. The molecule has 8 nitrogen and oxygen atoms in total. The predicted molar refractivity (Wildman–Crippen MR) is 185 cm³/mol. The Labute approximate surface area is 278 Å². The van der Waals surface area contributed by atoms with Gasteiger partial charge in [0.25, 0.3) is 5.91 Å². The molecule has 1 unspecified atom stereocenters. The first kappa shape index (κ1) is 32.9. The number of allylic oxidation sites excluding steroid dienone is 1. The van der Waals surface area contributed by atoms with Gasteiger partial charge in [-0.2, -0.15) is 0 Å². The van der Waals surface area contributed by atoms with Crippen LogP contribution in [0.4, 0.5) is 5.69 Å². The molecule has 4 aliphatic rings. The van der Waals surface area contributed by atoms with Crippen molar-refractivity contribution >= 4 is 44.7 Å². The van der Waals surface area contributed by atoms with Crippen molar-refractivity contribution in [1.29, 1.82) is 0 Å². The van der Waals surface area contributed by atoms with Crippen LogP contribution in [0.25, 0.3) is 0 Å². The minimum Gasteiger partial charge on any atom is -0.490 e. The van der Waals surface area contributed by atoms with Crippen molar-refractivity contribution in [3.05, 3.63) is 70.3 Å². The minimum atomic E-state index is -2.92. The van der Waals surface area contributed by atoms with Crippen LogP contribution in [0.3, 0.4) is 0 Å². The number of aryl methyl sites for hydroxylation is 1. The Morgan fingerprint density at radius 3 is 2.85 bits per heavy atom. The summed E-state index contributed by atoms with van der Waals surface area (Å²) >= 11 is 6.44. The molecule has 6 atom stereocenters. The third-order valence-corrected chi connectivity index (χ3v) is 13.0. The van der Waals surface area contributed by atoms with Crippen LogP contribution >= 0.6 is 11.6 Å². The van der Waals surface area contributed by atoms with Crippen molar-refractivity contribution in [1.82, 2.24) is 10.0 Å². The average molecular weight is 668 g/mol. The zero-order valence-electron chi connectivity index (χ0n) is 26.9. The van der Waals surface area contributed by atoms with Gasteiger partial charge in [0.15, 0.2) is 0 Å². The number of anilines is 1. The van der Waals surface area contributed by atoms with E-state index in [-0.39, 0.29) is 41.1 Å². The van der Waals surface area contributed by atoms with Crippen LogP contribution < -0.4 is 19.7 Å². The Balaban J connectivity index is 1.41. The van der Waals surface area contributed by atoms with E-state index in [0.717, 1.165) is 61.7 Å². The van der Waals surface area contributed by atoms with Crippen molar-refractivity contribution in [2.45, 2.75) is 75.1 Å². The predicted octanol–water partition coefficient (Wildman–Crippen LogP) is 5.46. The Hall–Kier alpha value is -3.01. The van der Waals surface area contributed by atoms with Gasteiger partial charge >= 0.3 is 0 Å². The lowest BCUT2D eigenvalue weighted by atomic mass is 9.68. The second-order valence-electron chi connectivity index (χ2n) is 13.4. The first-order valence-electron chi connectivity index (χ1n) is 16.6. The van der Waals surface area contributed by atoms with E-state index in [9.17, 15) is 13.8 Å². The topological polar surface area (TPSA) is 97.0 Å². The first-order chi connectivity index (χ1) is 22.1. The molecule has 10 heteroatoms. The van der Waals surface area contributed by atoms with E-state index in [1.54, 1.807) is 13.1 Å². The van der Waals surface area contributed by atoms with E-state index in [1.807, 2.05) is 25.1 Å². The zero-order valence-corrected chi connectivity index (χ0v) is 28.5. The highest BCUT2D eigenvalue weighted by Gasteiger charge is 2.44. The van der Waals surface area contributed by atoms with Crippen molar-refractivity contribution in [2.24, 2.45) is 11.8 Å². The molecule has 0 saturated heterocycles. The summed E-state index contributed by atoms with van der Waals surface area (Å²) in [5.74, 6) is 4.75. The lowest BCUT2D eigenvalue weighted by Gasteiger charge is -2.46. The van der Waals surface area contributed by atoms with Crippen LogP contribution in [0, 0.1) is 11.8 Å². The van der Waals surface area contributed by atoms with Crippen LogP contribution in [0.15, 0.2) is 48.6 Å². The van der Waals surface area contributed by atoms with Crippen molar-refractivity contribution in [3.8, 4) is 5.75 Å². The van der Waals surface area contributed by atoms with Crippen LogP contribution in [-0.2, 0) is 31.1 Å². The molecule has 2 heterocycles. The molecule has 1 fully saturated rings. The van der Waals surface area contributed by atoms with Crippen LogP contribution in [0.2, 0.25) is 5.02 Å². The molecule has 1 spiro atoms. The van der Waals surface area contributed by atoms with E-state index in [2.05, 4.69) is 45.1 Å². The molecule has 2 bridgehead atoms. The lowest BCUT2D eigenvalue weighted by Crippen LogP contribution is -2.50. The van der Waals surface area contributed by atoms with Crippen LogP contribution in [0.1, 0.15) is 73.4 Å². The highest BCUT2D eigenvalue weighted by molar-refractivity contribution is 7.99. The first-order valence-corrected chi connectivity index (χ1v) is 18.8. The zero-order chi connectivity index (χ0) is 32.5. The molecule has 2 aliphatic heterocycles. The number of benzene rings is 2. The Morgan fingerprint density at radius 1 is 1.24 bits per heavy atom. The fourth-order valence-corrected chi connectivity index (χ4v) is 9.68. The van der Waals surface area contributed by atoms with Gasteiger partial charge in [-0.3, -0.25) is 14.3 Å². The molecular weight excluding hydrogens is 622 g/mol. The van der Waals surface area contributed by atoms with Gasteiger partial charge in [-0.1, -0.05) is 36.7 Å². The molecule has 6 rings (SSSR count). The van der Waals surface area contributed by atoms with Crippen molar-refractivity contribution in [2.75, 3.05) is 38.3 Å². The standard InChI is InChI=1S/C36H46ClN3O5S/c1-4-28-9-5-6-10-32(44-21-34(41)38-2)29-14-11-26(29)20-40-22-36(17-7-8-24-18-27(37)13-15-30(24)36)23-45-33-16-12-25(19-31(33)40)35(42)39-46(28,3)43/h6,10,12-13,15-16,18-19,26,28-29,32H,3-5,7-9,11,14,17,20-23H2,1-2H3,(H,38,41)(H,39,42,43)/b10-6+/t26-,28+,29+,32-,36-,46?/m0/s1. The number of rotatable bonds is 4. The van der Waals surface area contributed by atoms with E-state index in [1.165, 1.54) is 11.1 Å². The summed E-state index contributed by atoms with van der Waals surface area (Å²) in [4.78, 5) is 28.2. The van der Waals surface area contributed by atoms with E-state index in [4.69, 9.17) is 21.1 Å². The van der Waals surface area contributed by atoms with Crippen LogP contribution in [0.5, 0.6) is 5.75 Å². The summed E-state index contributed by atoms with van der Waals surface area (Å²) in [5, 5.41) is 3.13. The summed E-state index contributed by atoms with van der Waals surface area (Å²) in [7, 11) is -1.30. The van der Waals surface area contributed by atoms with Gasteiger partial charge in [-0.15, -0.1) is 0 Å². The second kappa shape index (κ2) is 13.6. The molecular formula is C36H46ClN3O5S. The Morgan fingerprint density at radius 2 is 2.09 bits per heavy atom. The normalized spacial score (nSPS) is 31.7. The smallest absolute Gasteiger partial charge is 0.262 e.